The molecule has 1 N–H and O–H groups in total. The Balaban J connectivity index is 1.35. The minimum Gasteiger partial charge on any atom is -0.350 e. The van der Waals surface area contributed by atoms with Crippen LogP contribution in [0.4, 0.5) is 0 Å². The highest BCUT2D eigenvalue weighted by molar-refractivity contribution is 5.78. The quantitative estimate of drug-likeness (QED) is 0.804. The molecule has 1 aromatic heterocycles. The van der Waals surface area contributed by atoms with Crippen LogP contribution in [0.5, 0.6) is 0 Å². The predicted octanol–water partition coefficient (Wildman–Crippen LogP) is 2.46. The van der Waals surface area contributed by atoms with Gasteiger partial charge in [0.2, 0.25) is 0 Å². The van der Waals surface area contributed by atoms with Crippen LogP contribution in [-0.2, 0) is 11.8 Å². The smallest absolute Gasteiger partial charge is 0.278 e. The van der Waals surface area contributed by atoms with E-state index in [1.165, 1.54) is 55.5 Å². The topological polar surface area (TPSA) is 53.5 Å². The van der Waals surface area contributed by atoms with Crippen LogP contribution in [-0.4, -0.2) is 40.5 Å². The lowest BCUT2D eigenvalue weighted by molar-refractivity contribution is -0.911. The largest absolute Gasteiger partial charge is 0.350 e. The van der Waals surface area contributed by atoms with Gasteiger partial charge in [-0.1, -0.05) is 0 Å². The van der Waals surface area contributed by atoms with Gasteiger partial charge in [-0.3, -0.25) is 4.79 Å². The number of carbonyl (C=O) groups is 1. The van der Waals surface area contributed by atoms with E-state index in [4.69, 9.17) is 0 Å². The van der Waals surface area contributed by atoms with Gasteiger partial charge >= 0.3 is 0 Å². The third-order valence-electron chi connectivity index (χ3n) is 8.53. The average Bonchev–Trinajstić information content (AvgIpc) is 3.29. The molecule has 4 bridgehead atoms. The molecule has 4 aliphatic carbocycles. The van der Waals surface area contributed by atoms with Crippen LogP contribution in [0.2, 0.25) is 0 Å². The van der Waals surface area contributed by atoms with E-state index < -0.39 is 0 Å². The summed E-state index contributed by atoms with van der Waals surface area (Å²) in [6, 6.07) is 7.07. The first-order valence-electron chi connectivity index (χ1n) is 11.7. The highest BCUT2D eigenvalue weighted by atomic mass is 16.2. The van der Waals surface area contributed by atoms with E-state index in [0.717, 1.165) is 30.7 Å². The number of aryl methyl sites for hydroxylation is 1. The number of nitrogens with zero attached hydrogens (tertiary/aromatic N) is 3. The Morgan fingerprint density at radius 1 is 1.28 bits per heavy atom. The van der Waals surface area contributed by atoms with Crippen LogP contribution in [0.15, 0.2) is 18.3 Å². The van der Waals surface area contributed by atoms with Crippen molar-refractivity contribution in [1.82, 2.24) is 9.47 Å². The summed E-state index contributed by atoms with van der Waals surface area (Å²) in [7, 11) is 2.11. The van der Waals surface area contributed by atoms with Crippen molar-refractivity contribution in [2.75, 3.05) is 19.6 Å². The van der Waals surface area contributed by atoms with Gasteiger partial charge in [-0.05, 0) is 68.4 Å². The molecule has 0 spiro atoms. The lowest BCUT2D eigenvalue weighted by Gasteiger charge is -2.60. The molecule has 5 heteroatoms. The summed E-state index contributed by atoms with van der Waals surface area (Å²) in [4.78, 5) is 17.3. The molecule has 5 nitrogen and oxygen atoms in total. The van der Waals surface area contributed by atoms with Gasteiger partial charge in [-0.2, -0.15) is 5.26 Å². The van der Waals surface area contributed by atoms with Gasteiger partial charge in [0.25, 0.3) is 5.91 Å². The Kier molecular flexibility index (Phi) is 4.94. The maximum Gasteiger partial charge on any atom is 0.278 e. The minimum absolute atomic E-state index is 0.0579. The second-order valence-electron chi connectivity index (χ2n) is 10.4. The van der Waals surface area contributed by atoms with Crippen molar-refractivity contribution >= 4 is 5.91 Å². The van der Waals surface area contributed by atoms with Gasteiger partial charge in [-0.15, -0.1) is 0 Å². The molecule has 1 amide bonds. The molecule has 5 fully saturated rings. The van der Waals surface area contributed by atoms with E-state index in [-0.39, 0.29) is 5.54 Å². The Morgan fingerprint density at radius 3 is 2.55 bits per heavy atom. The van der Waals surface area contributed by atoms with Crippen LogP contribution in [0, 0.1) is 29.1 Å². The predicted molar refractivity (Wildman–Crippen MR) is 111 cm³/mol. The molecule has 29 heavy (non-hydrogen) atoms. The van der Waals surface area contributed by atoms with Gasteiger partial charge in [0, 0.05) is 38.2 Å². The zero-order chi connectivity index (χ0) is 20.0. The number of hydrogen-bond donors (Lipinski definition) is 1. The van der Waals surface area contributed by atoms with E-state index in [2.05, 4.69) is 40.9 Å². The van der Waals surface area contributed by atoms with Crippen LogP contribution >= 0.6 is 0 Å². The maximum absolute atomic E-state index is 13.7. The second-order valence-corrected chi connectivity index (χ2v) is 10.4. The van der Waals surface area contributed by atoms with E-state index in [0.29, 0.717) is 31.5 Å². The Morgan fingerprint density at radius 2 is 1.97 bits per heavy atom. The van der Waals surface area contributed by atoms with Crippen molar-refractivity contribution in [2.45, 2.75) is 69.4 Å². The number of aromatic nitrogens is 1. The van der Waals surface area contributed by atoms with Gasteiger partial charge in [-0.25, -0.2) is 0 Å². The third kappa shape index (κ3) is 3.40. The van der Waals surface area contributed by atoms with Gasteiger partial charge < -0.3 is 14.4 Å². The molecule has 0 radical (unpaired) electrons. The lowest BCUT2D eigenvalue weighted by atomic mass is 9.52. The van der Waals surface area contributed by atoms with Crippen molar-refractivity contribution < 1.29 is 9.69 Å². The molecule has 1 aliphatic heterocycles. The SMILES string of the molecule is Cn1cccc1[C@@H]1CCC[NH+]1CC(=O)N(CCC#N)C12CC3CC(CC(C3)C1)C2. The fourth-order valence-electron chi connectivity index (χ4n) is 7.79. The molecule has 6 rings (SSSR count). The number of hydrogen-bond acceptors (Lipinski definition) is 2. The van der Waals surface area contributed by atoms with Gasteiger partial charge in [0.15, 0.2) is 6.54 Å². The van der Waals surface area contributed by atoms with Gasteiger partial charge in [0.05, 0.1) is 24.7 Å². The standard InChI is InChI=1S/C24H34N4O/c1-26-8-2-5-21(26)22-6-3-9-27(22)17-23(29)28(10-4-7-25)24-14-18-11-19(15-24)13-20(12-18)16-24/h2,5,8,18-20,22H,3-4,6,9-17H2,1H3/p+1/t18?,19?,20?,22-,24?/m0/s1. The Bertz CT molecular complexity index is 771. The normalized spacial score (nSPS) is 37.6. The van der Waals surface area contributed by atoms with Crippen LogP contribution < -0.4 is 4.90 Å². The monoisotopic (exact) mass is 395 g/mol. The van der Waals surface area contributed by atoms with Crippen LogP contribution in [0.3, 0.4) is 0 Å². The van der Waals surface area contributed by atoms with Crippen LogP contribution in [0.1, 0.15) is 69.5 Å². The number of nitriles is 1. The molecule has 2 heterocycles. The zero-order valence-electron chi connectivity index (χ0n) is 17.8. The zero-order valence-corrected chi connectivity index (χ0v) is 17.8. The maximum atomic E-state index is 13.7. The first kappa shape index (κ1) is 19.2. The Labute approximate surface area is 174 Å². The van der Waals surface area contributed by atoms with Crippen molar-refractivity contribution in [3.8, 4) is 6.07 Å². The van der Waals surface area contributed by atoms with Crippen molar-refractivity contribution in [1.29, 1.82) is 5.26 Å². The second kappa shape index (κ2) is 7.47. The lowest BCUT2D eigenvalue weighted by Crippen LogP contribution is -3.11. The Hall–Kier alpha value is -1.80. The third-order valence-corrected chi connectivity index (χ3v) is 8.53. The summed E-state index contributed by atoms with van der Waals surface area (Å²) in [5.74, 6) is 2.75. The number of amides is 1. The molecule has 5 aliphatic rings. The fraction of sp³-hybridized carbons (Fsp3) is 0.750. The first-order chi connectivity index (χ1) is 14.1. The molecule has 4 saturated carbocycles. The van der Waals surface area contributed by atoms with E-state index >= 15 is 0 Å². The summed E-state index contributed by atoms with van der Waals surface area (Å²) < 4.78 is 2.22. The summed E-state index contributed by atoms with van der Waals surface area (Å²) >= 11 is 0. The highest BCUT2D eigenvalue weighted by Crippen LogP contribution is 2.57. The van der Waals surface area contributed by atoms with E-state index in [1.807, 2.05) is 0 Å². The van der Waals surface area contributed by atoms with Crippen molar-refractivity contribution in [3.63, 3.8) is 0 Å². The highest BCUT2D eigenvalue weighted by Gasteiger charge is 2.55. The summed E-state index contributed by atoms with van der Waals surface area (Å²) in [6.07, 6.45) is 12.6. The van der Waals surface area contributed by atoms with Crippen LogP contribution in [0.25, 0.3) is 0 Å². The molecule has 1 saturated heterocycles. The number of nitrogens with one attached hydrogen (secondary N) is 1. The number of carbonyl (C=O) groups excluding carboxylic acids is 1. The molecule has 1 unspecified atom stereocenters. The van der Waals surface area contributed by atoms with Crippen molar-refractivity contribution in [2.24, 2.45) is 24.8 Å². The molecular formula is C24H35N4O+. The van der Waals surface area contributed by atoms with Gasteiger partial charge in [0.1, 0.15) is 6.04 Å². The average molecular weight is 396 g/mol. The summed E-state index contributed by atoms with van der Waals surface area (Å²) in [5, 5.41) is 9.26. The summed E-state index contributed by atoms with van der Waals surface area (Å²) in [5.41, 5.74) is 1.41. The molecule has 0 aromatic carbocycles. The minimum atomic E-state index is 0.0579. The number of quaternary nitrogens is 1. The molecule has 1 aromatic rings. The summed E-state index contributed by atoms with van der Waals surface area (Å²) in [6.45, 7) is 2.29. The van der Waals surface area contributed by atoms with Crippen molar-refractivity contribution in [3.05, 3.63) is 24.0 Å². The van der Waals surface area contributed by atoms with E-state index in [9.17, 15) is 10.1 Å². The first-order valence-corrected chi connectivity index (χ1v) is 11.7. The molecule has 156 valence electrons. The number of rotatable bonds is 6. The fourth-order valence-corrected chi connectivity index (χ4v) is 7.79. The number of likely N-dealkylation sites (tertiary alicyclic amines) is 1. The van der Waals surface area contributed by atoms with E-state index in [1.54, 1.807) is 0 Å². The molecular weight excluding hydrogens is 360 g/mol. The molecule has 2 atom stereocenters.